The second kappa shape index (κ2) is 12.2. The molecule has 0 aliphatic rings. The molecule has 39 heavy (non-hydrogen) atoms. The SMILES string of the molecule is CC(C)(c1ccc(OCc2ccnc(NS(=O)(=O)c3ccsc3)n2)cc1)c1cc(Cl)c(OCCCl)c(C#N)c1. The lowest BCUT2D eigenvalue weighted by atomic mass is 9.77. The molecular formula is C27H24Cl2N4O4S2. The van der Waals surface area contributed by atoms with E-state index in [1.165, 1.54) is 29.0 Å². The van der Waals surface area contributed by atoms with E-state index in [-0.39, 0.29) is 29.9 Å². The van der Waals surface area contributed by atoms with E-state index in [0.717, 1.165) is 11.1 Å². The third kappa shape index (κ3) is 6.81. The molecule has 0 amide bonds. The fourth-order valence-corrected chi connectivity index (χ4v) is 6.06. The molecule has 0 aliphatic heterocycles. The lowest BCUT2D eigenvalue weighted by Gasteiger charge is -2.27. The van der Waals surface area contributed by atoms with Crippen LogP contribution < -0.4 is 14.2 Å². The Bertz CT molecular complexity index is 1590. The Hall–Kier alpha value is -3.36. The minimum absolute atomic E-state index is 0.0335. The fraction of sp³-hybridized carbons (Fsp3) is 0.222. The van der Waals surface area contributed by atoms with Gasteiger partial charge in [-0.15, -0.1) is 11.6 Å². The molecule has 2 aromatic carbocycles. The topological polar surface area (TPSA) is 114 Å². The number of alkyl halides is 1. The minimum atomic E-state index is -3.75. The maximum atomic E-state index is 12.4. The Morgan fingerprint density at radius 2 is 1.87 bits per heavy atom. The molecular weight excluding hydrogens is 579 g/mol. The van der Waals surface area contributed by atoms with Gasteiger partial charge in [-0.05, 0) is 52.9 Å². The minimum Gasteiger partial charge on any atom is -0.489 e. The van der Waals surface area contributed by atoms with Gasteiger partial charge in [-0.1, -0.05) is 37.6 Å². The van der Waals surface area contributed by atoms with Crippen molar-refractivity contribution >= 4 is 50.5 Å². The summed E-state index contributed by atoms with van der Waals surface area (Å²) in [5, 5.41) is 13.2. The molecule has 0 bridgehead atoms. The maximum Gasteiger partial charge on any atom is 0.265 e. The van der Waals surface area contributed by atoms with Crippen LogP contribution in [-0.2, 0) is 22.0 Å². The number of ether oxygens (including phenoxy) is 2. The van der Waals surface area contributed by atoms with Gasteiger partial charge in [0.2, 0.25) is 5.95 Å². The van der Waals surface area contributed by atoms with Gasteiger partial charge in [-0.25, -0.2) is 23.1 Å². The van der Waals surface area contributed by atoms with Crippen LogP contribution in [0.5, 0.6) is 11.5 Å². The Labute approximate surface area is 241 Å². The first kappa shape index (κ1) is 28.6. The maximum absolute atomic E-state index is 12.4. The number of thiophene rings is 1. The number of hydrogen-bond donors (Lipinski definition) is 1. The molecule has 0 saturated heterocycles. The average molecular weight is 604 g/mol. The van der Waals surface area contributed by atoms with E-state index in [1.807, 2.05) is 38.1 Å². The van der Waals surface area contributed by atoms with E-state index >= 15 is 0 Å². The van der Waals surface area contributed by atoms with Crippen molar-refractivity contribution in [1.29, 1.82) is 5.26 Å². The van der Waals surface area contributed by atoms with Crippen LogP contribution in [0.3, 0.4) is 0 Å². The molecule has 1 N–H and O–H groups in total. The Morgan fingerprint density at radius 3 is 2.54 bits per heavy atom. The summed E-state index contributed by atoms with van der Waals surface area (Å²) in [7, 11) is -3.75. The number of aromatic nitrogens is 2. The zero-order chi connectivity index (χ0) is 28.0. The van der Waals surface area contributed by atoms with E-state index < -0.39 is 15.4 Å². The van der Waals surface area contributed by atoms with E-state index in [4.69, 9.17) is 32.7 Å². The van der Waals surface area contributed by atoms with Crippen LogP contribution in [0.15, 0.2) is 70.4 Å². The second-order valence-corrected chi connectivity index (χ2v) is 12.1. The summed E-state index contributed by atoms with van der Waals surface area (Å²) in [6.07, 6.45) is 1.47. The van der Waals surface area contributed by atoms with Gasteiger partial charge >= 0.3 is 0 Å². The standard InChI is InChI=1S/C27H24Cl2N4O4S2/c1-27(2,20-13-18(15-30)25(24(29)14-20)36-11-9-28)19-3-5-22(6-4-19)37-16-21-7-10-31-26(32-21)33-39(34,35)23-8-12-38-17-23/h3-8,10,12-14,17H,9,11,16H2,1-2H3,(H,31,32,33). The summed E-state index contributed by atoms with van der Waals surface area (Å²) in [5.74, 6) is 1.19. The van der Waals surface area contributed by atoms with Crippen LogP contribution in [0.4, 0.5) is 5.95 Å². The van der Waals surface area contributed by atoms with Gasteiger partial charge in [-0.2, -0.15) is 16.6 Å². The average Bonchev–Trinajstić information content (AvgIpc) is 3.47. The smallest absolute Gasteiger partial charge is 0.265 e. The molecule has 0 radical (unpaired) electrons. The highest BCUT2D eigenvalue weighted by Gasteiger charge is 2.26. The zero-order valence-electron chi connectivity index (χ0n) is 21.0. The van der Waals surface area contributed by atoms with E-state index in [0.29, 0.717) is 27.8 Å². The molecule has 0 atom stereocenters. The second-order valence-electron chi connectivity index (χ2n) is 8.86. The van der Waals surface area contributed by atoms with Crippen molar-refractivity contribution in [2.75, 3.05) is 17.2 Å². The normalized spacial score (nSPS) is 11.6. The highest BCUT2D eigenvalue weighted by atomic mass is 35.5. The quantitative estimate of drug-likeness (QED) is 0.198. The highest BCUT2D eigenvalue weighted by Crippen LogP contribution is 2.38. The van der Waals surface area contributed by atoms with Crippen LogP contribution in [-0.4, -0.2) is 30.9 Å². The third-order valence-corrected chi connectivity index (χ3v) is 8.51. The number of anilines is 1. The van der Waals surface area contributed by atoms with Gasteiger partial charge in [0.1, 0.15) is 25.0 Å². The number of benzene rings is 2. The molecule has 4 rings (SSSR count). The van der Waals surface area contributed by atoms with Crippen LogP contribution >= 0.6 is 34.5 Å². The summed E-state index contributed by atoms with van der Waals surface area (Å²) in [6.45, 7) is 4.44. The van der Waals surface area contributed by atoms with E-state index in [9.17, 15) is 13.7 Å². The Kier molecular flexibility index (Phi) is 8.97. The van der Waals surface area contributed by atoms with Crippen molar-refractivity contribution in [3.63, 3.8) is 0 Å². The Morgan fingerprint density at radius 1 is 1.10 bits per heavy atom. The lowest BCUT2D eigenvalue weighted by molar-refractivity contribution is 0.301. The van der Waals surface area contributed by atoms with Gasteiger partial charge in [0, 0.05) is 17.0 Å². The summed E-state index contributed by atoms with van der Waals surface area (Å²) < 4.78 is 38.7. The van der Waals surface area contributed by atoms with Crippen molar-refractivity contribution in [2.24, 2.45) is 0 Å². The molecule has 2 aromatic heterocycles. The highest BCUT2D eigenvalue weighted by molar-refractivity contribution is 7.92. The van der Waals surface area contributed by atoms with Gasteiger partial charge in [0.25, 0.3) is 10.0 Å². The van der Waals surface area contributed by atoms with Crippen molar-refractivity contribution in [3.8, 4) is 17.6 Å². The van der Waals surface area contributed by atoms with Crippen LogP contribution in [0.2, 0.25) is 5.02 Å². The van der Waals surface area contributed by atoms with Gasteiger partial charge in [-0.3, -0.25) is 0 Å². The zero-order valence-corrected chi connectivity index (χ0v) is 24.2. The van der Waals surface area contributed by atoms with E-state index in [2.05, 4.69) is 20.8 Å². The molecule has 0 saturated carbocycles. The molecule has 202 valence electrons. The molecule has 0 unspecified atom stereocenters. The third-order valence-electron chi connectivity index (χ3n) is 5.92. The fourth-order valence-electron chi connectivity index (χ4n) is 3.73. The van der Waals surface area contributed by atoms with Crippen molar-refractivity contribution in [1.82, 2.24) is 9.97 Å². The van der Waals surface area contributed by atoms with Crippen LogP contribution in [0.1, 0.15) is 36.2 Å². The molecule has 12 heteroatoms. The first-order valence-corrected chi connectivity index (χ1v) is 15.0. The molecule has 4 aromatic rings. The molecule has 0 fully saturated rings. The first-order valence-electron chi connectivity index (χ1n) is 11.7. The summed E-state index contributed by atoms with van der Waals surface area (Å²) in [6, 6.07) is 16.4. The van der Waals surface area contributed by atoms with E-state index in [1.54, 1.807) is 23.6 Å². The van der Waals surface area contributed by atoms with Crippen LogP contribution in [0.25, 0.3) is 0 Å². The van der Waals surface area contributed by atoms with Gasteiger partial charge < -0.3 is 9.47 Å². The number of nitriles is 1. The van der Waals surface area contributed by atoms with Crippen molar-refractivity contribution in [2.45, 2.75) is 30.8 Å². The number of nitrogens with one attached hydrogen (secondary N) is 1. The van der Waals surface area contributed by atoms with Gasteiger partial charge in [0.15, 0.2) is 5.75 Å². The number of halogens is 2. The lowest BCUT2D eigenvalue weighted by Crippen LogP contribution is -2.19. The Balaban J connectivity index is 1.45. The molecule has 8 nitrogen and oxygen atoms in total. The number of hydrogen-bond acceptors (Lipinski definition) is 8. The van der Waals surface area contributed by atoms with Crippen LogP contribution in [0, 0.1) is 11.3 Å². The summed E-state index contributed by atoms with van der Waals surface area (Å²) >= 11 is 13.4. The van der Waals surface area contributed by atoms with Gasteiger partial charge in [0.05, 0.1) is 27.1 Å². The summed E-state index contributed by atoms with van der Waals surface area (Å²) in [4.78, 5) is 8.40. The predicted molar refractivity (Wildman–Crippen MR) is 152 cm³/mol. The van der Waals surface area contributed by atoms with Crippen molar-refractivity contribution in [3.05, 3.63) is 92.9 Å². The largest absolute Gasteiger partial charge is 0.489 e. The number of nitrogens with zero attached hydrogens (tertiary/aromatic N) is 3. The number of rotatable bonds is 11. The predicted octanol–water partition coefficient (Wildman–Crippen LogP) is 6.39. The molecule has 2 heterocycles. The monoisotopic (exact) mass is 602 g/mol. The summed E-state index contributed by atoms with van der Waals surface area (Å²) in [5.41, 5.74) is 2.22. The number of sulfonamides is 1. The molecule has 0 aliphatic carbocycles. The molecule has 0 spiro atoms. The van der Waals surface area contributed by atoms with Crippen molar-refractivity contribution < 1.29 is 17.9 Å². The first-order chi connectivity index (χ1) is 18.6.